The molecular formula is C7H16N2O2. The number of aliphatic hydroxyl groups is 2. The number of hydrogen-bond acceptors (Lipinski definition) is 4. The number of rotatable bonds is 3. The molecule has 0 radical (unpaired) electrons. The first kappa shape index (κ1) is 8.93. The summed E-state index contributed by atoms with van der Waals surface area (Å²) in [5, 5.41) is 21.6. The molecule has 1 aliphatic heterocycles. The minimum absolute atomic E-state index is 0.0357. The molecule has 11 heavy (non-hydrogen) atoms. The van der Waals surface area contributed by atoms with Crippen molar-refractivity contribution in [2.75, 3.05) is 13.1 Å². The second-order valence-electron chi connectivity index (χ2n) is 3.05. The van der Waals surface area contributed by atoms with Crippen LogP contribution in [0.15, 0.2) is 0 Å². The molecule has 5 N–H and O–H groups in total. The van der Waals surface area contributed by atoms with Gasteiger partial charge < -0.3 is 21.3 Å². The Bertz CT molecular complexity index is 121. The van der Waals surface area contributed by atoms with Gasteiger partial charge in [-0.2, -0.15) is 0 Å². The minimum Gasteiger partial charge on any atom is -0.392 e. The third kappa shape index (κ3) is 2.41. The van der Waals surface area contributed by atoms with Crippen molar-refractivity contribution in [2.45, 2.75) is 31.1 Å². The van der Waals surface area contributed by atoms with E-state index in [-0.39, 0.29) is 12.1 Å². The summed E-state index contributed by atoms with van der Waals surface area (Å²) in [4.78, 5) is 0. The summed E-state index contributed by atoms with van der Waals surface area (Å²) in [6, 6.07) is 0.0357. The van der Waals surface area contributed by atoms with Crippen LogP contribution < -0.4 is 11.1 Å². The van der Waals surface area contributed by atoms with Crippen molar-refractivity contribution in [1.29, 1.82) is 0 Å². The van der Waals surface area contributed by atoms with E-state index < -0.39 is 6.10 Å². The van der Waals surface area contributed by atoms with Gasteiger partial charge in [-0.1, -0.05) is 0 Å². The maximum atomic E-state index is 9.41. The van der Waals surface area contributed by atoms with Crippen LogP contribution in [-0.4, -0.2) is 41.6 Å². The Hall–Kier alpha value is -0.160. The van der Waals surface area contributed by atoms with Crippen LogP contribution in [0.2, 0.25) is 0 Å². The van der Waals surface area contributed by atoms with Crippen LogP contribution >= 0.6 is 0 Å². The summed E-state index contributed by atoms with van der Waals surface area (Å²) >= 11 is 0. The predicted molar refractivity (Wildman–Crippen MR) is 42.1 cm³/mol. The van der Waals surface area contributed by atoms with Crippen LogP contribution in [0.4, 0.5) is 0 Å². The molecule has 0 aromatic rings. The molecule has 1 heterocycles. The molecule has 1 aliphatic rings. The molecule has 1 saturated heterocycles. The van der Waals surface area contributed by atoms with Crippen molar-refractivity contribution in [2.24, 2.45) is 5.73 Å². The van der Waals surface area contributed by atoms with Crippen LogP contribution in [0.25, 0.3) is 0 Å². The van der Waals surface area contributed by atoms with Gasteiger partial charge in [0.15, 0.2) is 0 Å². The highest BCUT2D eigenvalue weighted by molar-refractivity contribution is 4.86. The van der Waals surface area contributed by atoms with Gasteiger partial charge in [0, 0.05) is 12.6 Å². The molecule has 0 aliphatic carbocycles. The molecule has 4 nitrogen and oxygen atoms in total. The molecule has 0 spiro atoms. The van der Waals surface area contributed by atoms with E-state index in [1.807, 2.05) is 0 Å². The summed E-state index contributed by atoms with van der Waals surface area (Å²) in [6.07, 6.45) is 0.538. The average molecular weight is 160 g/mol. The molecule has 0 unspecified atom stereocenters. The Labute approximate surface area is 66.4 Å². The van der Waals surface area contributed by atoms with Crippen molar-refractivity contribution in [3.63, 3.8) is 0 Å². The molecule has 1 rings (SSSR count). The molecule has 0 aromatic heterocycles. The van der Waals surface area contributed by atoms with Gasteiger partial charge in [-0.3, -0.25) is 0 Å². The van der Waals surface area contributed by atoms with Gasteiger partial charge in [-0.15, -0.1) is 0 Å². The quantitative estimate of drug-likeness (QED) is 0.402. The molecule has 0 bridgehead atoms. The van der Waals surface area contributed by atoms with Gasteiger partial charge in [0.2, 0.25) is 0 Å². The largest absolute Gasteiger partial charge is 0.392 e. The van der Waals surface area contributed by atoms with Crippen molar-refractivity contribution >= 4 is 0 Å². The van der Waals surface area contributed by atoms with Gasteiger partial charge in [0.1, 0.15) is 0 Å². The summed E-state index contributed by atoms with van der Waals surface area (Å²) in [5.41, 5.74) is 5.28. The maximum Gasteiger partial charge on any atom is 0.0706 e. The lowest BCUT2D eigenvalue weighted by atomic mass is 10.1. The van der Waals surface area contributed by atoms with Gasteiger partial charge >= 0.3 is 0 Å². The fourth-order valence-electron chi connectivity index (χ4n) is 1.41. The summed E-state index contributed by atoms with van der Waals surface area (Å²) in [5.74, 6) is 0. The second kappa shape index (κ2) is 4.01. The third-order valence-electron chi connectivity index (χ3n) is 2.07. The first-order valence-corrected chi connectivity index (χ1v) is 4.03. The normalized spacial score (nSPS) is 34.1. The Morgan fingerprint density at radius 1 is 1.64 bits per heavy atom. The smallest absolute Gasteiger partial charge is 0.0706 e. The number of hydrogen-bond donors (Lipinski definition) is 4. The first-order valence-electron chi connectivity index (χ1n) is 4.03. The zero-order chi connectivity index (χ0) is 8.27. The maximum absolute atomic E-state index is 9.41. The molecular weight excluding hydrogens is 144 g/mol. The molecule has 3 atom stereocenters. The SMILES string of the molecule is NCC[C@H](O)[C@@H]1C[C@@H](O)CN1. The molecule has 0 saturated carbocycles. The van der Waals surface area contributed by atoms with Gasteiger partial charge in [0.05, 0.1) is 12.2 Å². The number of β-amino-alcohol motifs (C(OH)–C–C–N with tert-alkyl or cyclic N) is 1. The van der Waals surface area contributed by atoms with Crippen LogP contribution in [0.1, 0.15) is 12.8 Å². The zero-order valence-corrected chi connectivity index (χ0v) is 6.53. The first-order chi connectivity index (χ1) is 5.24. The van der Waals surface area contributed by atoms with Gasteiger partial charge in [-0.25, -0.2) is 0 Å². The number of aliphatic hydroxyl groups excluding tert-OH is 2. The van der Waals surface area contributed by atoms with E-state index in [2.05, 4.69) is 5.32 Å². The van der Waals surface area contributed by atoms with E-state index in [4.69, 9.17) is 10.8 Å². The lowest BCUT2D eigenvalue weighted by molar-refractivity contribution is 0.119. The Morgan fingerprint density at radius 2 is 2.36 bits per heavy atom. The van der Waals surface area contributed by atoms with E-state index in [9.17, 15) is 5.11 Å². The van der Waals surface area contributed by atoms with Crippen LogP contribution in [0.3, 0.4) is 0 Å². The molecule has 1 fully saturated rings. The molecule has 0 amide bonds. The number of nitrogens with two attached hydrogens (primary N) is 1. The zero-order valence-electron chi connectivity index (χ0n) is 6.53. The van der Waals surface area contributed by atoms with Gasteiger partial charge in [0.25, 0.3) is 0 Å². The lowest BCUT2D eigenvalue weighted by Gasteiger charge is -2.16. The van der Waals surface area contributed by atoms with Crippen LogP contribution in [0.5, 0.6) is 0 Å². The second-order valence-corrected chi connectivity index (χ2v) is 3.05. The predicted octanol–water partition coefficient (Wildman–Crippen LogP) is -1.58. The van der Waals surface area contributed by atoms with Crippen LogP contribution in [0, 0.1) is 0 Å². The van der Waals surface area contributed by atoms with Crippen molar-refractivity contribution < 1.29 is 10.2 Å². The Morgan fingerprint density at radius 3 is 2.82 bits per heavy atom. The van der Waals surface area contributed by atoms with Crippen molar-refractivity contribution in [1.82, 2.24) is 5.32 Å². The van der Waals surface area contributed by atoms with Crippen molar-refractivity contribution in [3.8, 4) is 0 Å². The lowest BCUT2D eigenvalue weighted by Crippen LogP contribution is -2.35. The van der Waals surface area contributed by atoms with E-state index in [0.29, 0.717) is 25.9 Å². The third-order valence-corrected chi connectivity index (χ3v) is 2.07. The minimum atomic E-state index is -0.405. The molecule has 0 aromatic carbocycles. The summed E-state index contributed by atoms with van der Waals surface area (Å²) in [7, 11) is 0. The Balaban J connectivity index is 2.25. The van der Waals surface area contributed by atoms with E-state index in [1.54, 1.807) is 0 Å². The van der Waals surface area contributed by atoms with E-state index >= 15 is 0 Å². The van der Waals surface area contributed by atoms with Crippen LogP contribution in [-0.2, 0) is 0 Å². The number of nitrogens with one attached hydrogen (secondary N) is 1. The highest BCUT2D eigenvalue weighted by atomic mass is 16.3. The highest BCUT2D eigenvalue weighted by Gasteiger charge is 2.27. The standard InChI is InChI=1S/C7H16N2O2/c8-2-1-7(11)6-3-5(10)4-9-6/h5-7,9-11H,1-4,8H2/t5-,6+,7+/m1/s1. The molecule has 66 valence electrons. The monoisotopic (exact) mass is 160 g/mol. The topological polar surface area (TPSA) is 78.5 Å². The average Bonchev–Trinajstić information content (AvgIpc) is 2.36. The molecule has 4 heteroatoms. The van der Waals surface area contributed by atoms with E-state index in [1.165, 1.54) is 0 Å². The van der Waals surface area contributed by atoms with E-state index in [0.717, 1.165) is 0 Å². The Kier molecular flexibility index (Phi) is 3.26. The summed E-state index contributed by atoms with van der Waals surface area (Å²) in [6.45, 7) is 1.09. The van der Waals surface area contributed by atoms with Crippen molar-refractivity contribution in [3.05, 3.63) is 0 Å². The highest BCUT2D eigenvalue weighted by Crippen LogP contribution is 2.11. The van der Waals surface area contributed by atoms with Gasteiger partial charge in [-0.05, 0) is 19.4 Å². The summed E-state index contributed by atoms with van der Waals surface area (Å²) < 4.78 is 0. The fraction of sp³-hybridized carbons (Fsp3) is 1.00. The fourth-order valence-corrected chi connectivity index (χ4v) is 1.41.